The molecular formula is C9H10N2O. The third kappa shape index (κ3) is 1.81. The molecule has 1 fully saturated rings. The molecule has 0 bridgehead atoms. The number of phenolic OH excluding ortho intramolecular Hbond substituents is 1. The molecule has 0 aliphatic heterocycles. The van der Waals surface area contributed by atoms with E-state index in [0.29, 0.717) is 6.04 Å². The van der Waals surface area contributed by atoms with Gasteiger partial charge in [-0.25, -0.2) is 0 Å². The lowest BCUT2D eigenvalue weighted by Crippen LogP contribution is -1.69. The van der Waals surface area contributed by atoms with E-state index in [1.54, 1.807) is 24.3 Å². The Balaban J connectivity index is 2.07. The highest BCUT2D eigenvalue weighted by molar-refractivity contribution is 5.39. The third-order valence-electron chi connectivity index (χ3n) is 1.73. The van der Waals surface area contributed by atoms with Gasteiger partial charge < -0.3 is 5.11 Å². The lowest BCUT2D eigenvalue weighted by Gasteiger charge is -1.91. The smallest absolute Gasteiger partial charge is 0.115 e. The molecule has 0 heterocycles. The van der Waals surface area contributed by atoms with Gasteiger partial charge in [-0.05, 0) is 37.1 Å². The van der Waals surface area contributed by atoms with Gasteiger partial charge >= 0.3 is 0 Å². The van der Waals surface area contributed by atoms with Gasteiger partial charge in [-0.15, -0.1) is 0 Å². The standard InChI is InChI=1S/C9H10N2O/c12-9-5-3-8(4-6-9)11-10-7-1-2-7/h3-7,12H,1-2H2. The molecule has 1 saturated carbocycles. The molecule has 3 heteroatoms. The number of aromatic hydroxyl groups is 1. The second kappa shape index (κ2) is 2.93. The molecule has 62 valence electrons. The summed E-state index contributed by atoms with van der Waals surface area (Å²) in [5.74, 6) is 0.264. The number of hydrogen-bond donors (Lipinski definition) is 1. The first-order valence-electron chi connectivity index (χ1n) is 4.04. The molecule has 1 aromatic rings. The second-order valence-electron chi connectivity index (χ2n) is 2.96. The Kier molecular flexibility index (Phi) is 1.78. The molecule has 0 saturated heterocycles. The molecule has 0 unspecified atom stereocenters. The lowest BCUT2D eigenvalue weighted by atomic mass is 10.3. The normalized spacial score (nSPS) is 17.0. The minimum absolute atomic E-state index is 0.264. The van der Waals surface area contributed by atoms with Gasteiger partial charge in [0.1, 0.15) is 5.75 Å². The first kappa shape index (κ1) is 7.28. The summed E-state index contributed by atoms with van der Waals surface area (Å²) in [6.07, 6.45) is 2.34. The Bertz CT molecular complexity index is 288. The zero-order valence-corrected chi connectivity index (χ0v) is 6.64. The average Bonchev–Trinajstić information content (AvgIpc) is 2.87. The molecule has 1 aliphatic carbocycles. The highest BCUT2D eigenvalue weighted by Gasteiger charge is 2.20. The van der Waals surface area contributed by atoms with E-state index < -0.39 is 0 Å². The van der Waals surface area contributed by atoms with Crippen LogP contribution in [-0.4, -0.2) is 11.1 Å². The van der Waals surface area contributed by atoms with Gasteiger partial charge in [-0.3, -0.25) is 0 Å². The minimum Gasteiger partial charge on any atom is -0.508 e. The summed E-state index contributed by atoms with van der Waals surface area (Å²) < 4.78 is 0. The zero-order chi connectivity index (χ0) is 8.39. The highest BCUT2D eigenvalue weighted by Crippen LogP contribution is 2.26. The minimum atomic E-state index is 0.264. The number of benzene rings is 1. The summed E-state index contributed by atoms with van der Waals surface area (Å²) in [7, 11) is 0. The molecule has 0 radical (unpaired) electrons. The summed E-state index contributed by atoms with van der Waals surface area (Å²) in [6, 6.07) is 7.18. The van der Waals surface area contributed by atoms with E-state index in [1.165, 1.54) is 12.8 Å². The van der Waals surface area contributed by atoms with Gasteiger partial charge in [0.15, 0.2) is 0 Å². The molecule has 1 aromatic carbocycles. The van der Waals surface area contributed by atoms with Gasteiger partial charge in [0.2, 0.25) is 0 Å². The molecule has 0 spiro atoms. The van der Waals surface area contributed by atoms with E-state index in [1.807, 2.05) is 0 Å². The van der Waals surface area contributed by atoms with E-state index in [9.17, 15) is 0 Å². The van der Waals surface area contributed by atoms with Gasteiger partial charge in [-0.1, -0.05) is 0 Å². The van der Waals surface area contributed by atoms with Crippen molar-refractivity contribution < 1.29 is 5.11 Å². The topological polar surface area (TPSA) is 45.0 Å². The molecule has 2 rings (SSSR count). The van der Waals surface area contributed by atoms with Crippen molar-refractivity contribution in [3.8, 4) is 5.75 Å². The number of rotatable bonds is 2. The van der Waals surface area contributed by atoms with E-state index >= 15 is 0 Å². The average molecular weight is 162 g/mol. The molecule has 1 aliphatic rings. The molecule has 3 nitrogen and oxygen atoms in total. The fourth-order valence-corrected chi connectivity index (χ4v) is 0.858. The van der Waals surface area contributed by atoms with Crippen LogP contribution in [0.5, 0.6) is 5.75 Å². The van der Waals surface area contributed by atoms with Gasteiger partial charge in [-0.2, -0.15) is 10.2 Å². The Hall–Kier alpha value is -1.38. The third-order valence-corrected chi connectivity index (χ3v) is 1.73. The van der Waals surface area contributed by atoms with Crippen LogP contribution < -0.4 is 0 Å². The van der Waals surface area contributed by atoms with Crippen molar-refractivity contribution >= 4 is 5.69 Å². The van der Waals surface area contributed by atoms with Gasteiger partial charge in [0, 0.05) is 0 Å². The fourth-order valence-electron chi connectivity index (χ4n) is 0.858. The van der Waals surface area contributed by atoms with Crippen LogP contribution in [0.4, 0.5) is 5.69 Å². The number of nitrogens with zero attached hydrogens (tertiary/aromatic N) is 2. The van der Waals surface area contributed by atoms with Crippen molar-refractivity contribution in [1.82, 2.24) is 0 Å². The van der Waals surface area contributed by atoms with Crippen molar-refractivity contribution in [2.45, 2.75) is 18.9 Å². The van der Waals surface area contributed by atoms with Crippen molar-refractivity contribution in [3.63, 3.8) is 0 Å². The van der Waals surface area contributed by atoms with Crippen molar-refractivity contribution in [3.05, 3.63) is 24.3 Å². The largest absolute Gasteiger partial charge is 0.508 e. The van der Waals surface area contributed by atoms with E-state index in [2.05, 4.69) is 10.2 Å². The number of phenols is 1. The maximum Gasteiger partial charge on any atom is 0.115 e. The maximum atomic E-state index is 8.97. The highest BCUT2D eigenvalue weighted by atomic mass is 16.3. The monoisotopic (exact) mass is 162 g/mol. The van der Waals surface area contributed by atoms with E-state index in [4.69, 9.17) is 5.11 Å². The molecule has 0 amide bonds. The van der Waals surface area contributed by atoms with Crippen molar-refractivity contribution in [2.24, 2.45) is 10.2 Å². The van der Waals surface area contributed by atoms with Crippen LogP contribution >= 0.6 is 0 Å². The number of hydrogen-bond acceptors (Lipinski definition) is 3. The van der Waals surface area contributed by atoms with Gasteiger partial charge in [0.25, 0.3) is 0 Å². The summed E-state index contributed by atoms with van der Waals surface area (Å²) >= 11 is 0. The molecular weight excluding hydrogens is 152 g/mol. The first-order chi connectivity index (χ1) is 5.84. The maximum absolute atomic E-state index is 8.97. The SMILES string of the molecule is Oc1ccc(N=NC2CC2)cc1. The summed E-state index contributed by atoms with van der Waals surface area (Å²) in [4.78, 5) is 0. The van der Waals surface area contributed by atoms with E-state index in [-0.39, 0.29) is 5.75 Å². The summed E-state index contributed by atoms with van der Waals surface area (Å²) in [5, 5.41) is 17.1. The molecule has 0 aromatic heterocycles. The molecule has 12 heavy (non-hydrogen) atoms. The molecule has 0 atom stereocenters. The van der Waals surface area contributed by atoms with Crippen LogP contribution in [0.3, 0.4) is 0 Å². The zero-order valence-electron chi connectivity index (χ0n) is 6.64. The Morgan fingerprint density at radius 1 is 1.17 bits per heavy atom. The van der Waals surface area contributed by atoms with Crippen LogP contribution in [0.2, 0.25) is 0 Å². The predicted octanol–water partition coefficient (Wildman–Crippen LogP) is 2.64. The Morgan fingerprint density at radius 3 is 2.42 bits per heavy atom. The Morgan fingerprint density at radius 2 is 1.83 bits per heavy atom. The predicted molar refractivity (Wildman–Crippen MR) is 45.6 cm³/mol. The van der Waals surface area contributed by atoms with E-state index in [0.717, 1.165) is 5.69 Å². The Labute approximate surface area is 70.8 Å². The van der Waals surface area contributed by atoms with Crippen LogP contribution in [0.25, 0.3) is 0 Å². The lowest BCUT2D eigenvalue weighted by molar-refractivity contribution is 0.475. The van der Waals surface area contributed by atoms with Crippen molar-refractivity contribution in [2.75, 3.05) is 0 Å². The summed E-state index contributed by atoms with van der Waals surface area (Å²) in [6.45, 7) is 0. The molecule has 1 N–H and O–H groups in total. The summed E-state index contributed by atoms with van der Waals surface area (Å²) in [5.41, 5.74) is 0.805. The van der Waals surface area contributed by atoms with Crippen molar-refractivity contribution in [1.29, 1.82) is 0 Å². The van der Waals surface area contributed by atoms with Crippen LogP contribution in [0, 0.1) is 0 Å². The van der Waals surface area contributed by atoms with Crippen LogP contribution in [0.15, 0.2) is 34.5 Å². The quantitative estimate of drug-likeness (QED) is 0.667. The van der Waals surface area contributed by atoms with Crippen LogP contribution in [0.1, 0.15) is 12.8 Å². The van der Waals surface area contributed by atoms with Crippen LogP contribution in [-0.2, 0) is 0 Å². The fraction of sp³-hybridized carbons (Fsp3) is 0.333. The second-order valence-corrected chi connectivity index (χ2v) is 2.96. The van der Waals surface area contributed by atoms with Gasteiger partial charge in [0.05, 0.1) is 11.7 Å². The number of azo groups is 1. The first-order valence-corrected chi connectivity index (χ1v) is 4.04.